The van der Waals surface area contributed by atoms with Gasteiger partial charge in [0, 0.05) is 25.7 Å². The molecule has 2 aromatic carbocycles. The van der Waals surface area contributed by atoms with Crippen LogP contribution in [0, 0.1) is 0 Å². The van der Waals surface area contributed by atoms with Crippen LogP contribution in [0.5, 0.6) is 0 Å². The molecule has 0 spiro atoms. The van der Waals surface area contributed by atoms with Crippen LogP contribution in [0.1, 0.15) is 6.92 Å². The Morgan fingerprint density at radius 3 is 2.33 bits per heavy atom. The van der Waals surface area contributed by atoms with Gasteiger partial charge in [-0.25, -0.2) is 16.8 Å². The molecule has 0 atom stereocenters. The van der Waals surface area contributed by atoms with Crippen molar-refractivity contribution in [1.29, 1.82) is 0 Å². The molecule has 0 aliphatic carbocycles. The summed E-state index contributed by atoms with van der Waals surface area (Å²) in [5.74, 6) is -0.683. The van der Waals surface area contributed by atoms with E-state index < -0.39 is 26.0 Å². The molecule has 1 saturated heterocycles. The number of anilines is 2. The molecule has 1 aliphatic heterocycles. The number of rotatable bonds is 6. The highest BCUT2D eigenvalue weighted by Gasteiger charge is 2.29. The zero-order valence-corrected chi connectivity index (χ0v) is 17.6. The fourth-order valence-corrected chi connectivity index (χ4v) is 5.32. The molecular weight excluding hydrogens is 432 g/mol. The van der Waals surface area contributed by atoms with E-state index in [1.54, 1.807) is 0 Å². The number of nitrogens with one attached hydrogen (secondary N) is 3. The van der Waals surface area contributed by atoms with Crippen molar-refractivity contribution in [3.8, 4) is 0 Å². The summed E-state index contributed by atoms with van der Waals surface area (Å²) in [4.78, 5) is 22.4. The topological polar surface area (TPSA) is 142 Å². The Hall–Kier alpha value is -2.96. The van der Waals surface area contributed by atoms with E-state index in [2.05, 4.69) is 15.4 Å². The second-order valence-electron chi connectivity index (χ2n) is 6.53. The Labute approximate surface area is 174 Å². The van der Waals surface area contributed by atoms with Gasteiger partial charge in [-0.2, -0.15) is 4.31 Å². The standard InChI is InChI=1S/C18H20N4O6S2/c1-13(23)20-14-5-7-16(8-6-14)29(25,26)21-15-3-2-4-17(11-15)30(27,28)22-10-9-19-18(24)12-22/h2-8,11,21H,9-10,12H2,1H3,(H,19,24)(H,20,23). The number of sulfonamides is 2. The summed E-state index contributed by atoms with van der Waals surface area (Å²) in [5.41, 5.74) is 0.503. The molecule has 3 N–H and O–H groups in total. The number of hydrogen-bond donors (Lipinski definition) is 3. The van der Waals surface area contributed by atoms with Crippen LogP contribution in [0.25, 0.3) is 0 Å². The average Bonchev–Trinajstić information content (AvgIpc) is 2.68. The van der Waals surface area contributed by atoms with Crippen molar-refractivity contribution in [1.82, 2.24) is 9.62 Å². The molecule has 1 aliphatic rings. The van der Waals surface area contributed by atoms with Crippen molar-refractivity contribution in [2.45, 2.75) is 16.7 Å². The van der Waals surface area contributed by atoms with E-state index in [0.29, 0.717) is 5.69 Å². The Balaban J connectivity index is 1.82. The highest BCUT2D eigenvalue weighted by Crippen LogP contribution is 2.23. The van der Waals surface area contributed by atoms with Crippen LogP contribution in [0.2, 0.25) is 0 Å². The minimum atomic E-state index is -3.99. The summed E-state index contributed by atoms with van der Waals surface area (Å²) in [7, 11) is -7.95. The number of carbonyl (C=O) groups is 2. The maximum absolute atomic E-state index is 12.8. The van der Waals surface area contributed by atoms with Gasteiger partial charge in [0.05, 0.1) is 22.0 Å². The molecule has 0 saturated carbocycles. The highest BCUT2D eigenvalue weighted by atomic mass is 32.2. The summed E-state index contributed by atoms with van der Waals surface area (Å²) < 4.78 is 54.2. The number of amides is 2. The van der Waals surface area contributed by atoms with Crippen molar-refractivity contribution in [2.75, 3.05) is 29.7 Å². The van der Waals surface area contributed by atoms with Crippen molar-refractivity contribution < 1.29 is 26.4 Å². The van der Waals surface area contributed by atoms with Crippen LogP contribution in [0.15, 0.2) is 58.3 Å². The largest absolute Gasteiger partial charge is 0.354 e. The van der Waals surface area contributed by atoms with E-state index in [9.17, 15) is 26.4 Å². The first kappa shape index (κ1) is 21.7. The zero-order valence-electron chi connectivity index (χ0n) is 16.0. The van der Waals surface area contributed by atoms with Crippen molar-refractivity contribution in [2.24, 2.45) is 0 Å². The van der Waals surface area contributed by atoms with Crippen LogP contribution in [0.3, 0.4) is 0 Å². The minimum absolute atomic E-state index is 0.0578. The molecular formula is C18H20N4O6S2. The predicted octanol–water partition coefficient (Wildman–Crippen LogP) is 0.566. The Morgan fingerprint density at radius 1 is 1.00 bits per heavy atom. The van der Waals surface area contributed by atoms with Gasteiger partial charge in [0.25, 0.3) is 10.0 Å². The second-order valence-corrected chi connectivity index (χ2v) is 10.1. The van der Waals surface area contributed by atoms with Gasteiger partial charge >= 0.3 is 0 Å². The van der Waals surface area contributed by atoms with Crippen LogP contribution >= 0.6 is 0 Å². The lowest BCUT2D eigenvalue weighted by atomic mass is 10.3. The van der Waals surface area contributed by atoms with Gasteiger partial charge in [-0.1, -0.05) is 6.07 Å². The van der Waals surface area contributed by atoms with Crippen LogP contribution in [-0.2, 0) is 29.6 Å². The molecule has 12 heteroatoms. The van der Waals surface area contributed by atoms with Crippen molar-refractivity contribution >= 4 is 43.2 Å². The number of carbonyl (C=O) groups excluding carboxylic acids is 2. The quantitative estimate of drug-likeness (QED) is 0.585. The van der Waals surface area contributed by atoms with Gasteiger partial charge in [0.2, 0.25) is 21.8 Å². The lowest BCUT2D eigenvalue weighted by molar-refractivity contribution is -0.122. The first-order chi connectivity index (χ1) is 14.1. The lowest BCUT2D eigenvalue weighted by Gasteiger charge is -2.26. The SMILES string of the molecule is CC(=O)Nc1ccc(S(=O)(=O)Nc2cccc(S(=O)(=O)N3CCNC(=O)C3)c2)cc1. The fraction of sp³-hybridized carbons (Fsp3) is 0.222. The zero-order chi connectivity index (χ0) is 21.9. The number of nitrogens with zero attached hydrogens (tertiary/aromatic N) is 1. The van der Waals surface area contributed by atoms with Gasteiger partial charge in [-0.05, 0) is 42.5 Å². The molecule has 0 unspecified atom stereocenters. The summed E-state index contributed by atoms with van der Waals surface area (Å²) in [6.45, 7) is 1.38. The summed E-state index contributed by atoms with van der Waals surface area (Å²) in [5, 5.41) is 5.09. The highest BCUT2D eigenvalue weighted by molar-refractivity contribution is 7.92. The number of hydrogen-bond acceptors (Lipinski definition) is 6. The van der Waals surface area contributed by atoms with E-state index in [0.717, 1.165) is 4.31 Å². The Morgan fingerprint density at radius 2 is 1.70 bits per heavy atom. The first-order valence-electron chi connectivity index (χ1n) is 8.85. The molecule has 0 radical (unpaired) electrons. The predicted molar refractivity (Wildman–Crippen MR) is 110 cm³/mol. The molecule has 0 aromatic heterocycles. The van der Waals surface area contributed by atoms with Gasteiger partial charge < -0.3 is 10.6 Å². The van der Waals surface area contributed by atoms with Crippen LogP contribution < -0.4 is 15.4 Å². The molecule has 3 rings (SSSR count). The monoisotopic (exact) mass is 452 g/mol. The smallest absolute Gasteiger partial charge is 0.261 e. The summed E-state index contributed by atoms with van der Waals surface area (Å²) in [6.07, 6.45) is 0. The molecule has 30 heavy (non-hydrogen) atoms. The van der Waals surface area contributed by atoms with E-state index in [4.69, 9.17) is 0 Å². The Bertz CT molecular complexity index is 1180. The number of benzene rings is 2. The molecule has 10 nitrogen and oxygen atoms in total. The molecule has 2 amide bonds. The fourth-order valence-electron chi connectivity index (χ4n) is 2.82. The van der Waals surface area contributed by atoms with Gasteiger partial charge in [0.1, 0.15) is 0 Å². The summed E-state index contributed by atoms with van der Waals surface area (Å²) in [6, 6.07) is 10.9. The van der Waals surface area contributed by atoms with E-state index in [1.165, 1.54) is 55.5 Å². The van der Waals surface area contributed by atoms with Crippen molar-refractivity contribution in [3.63, 3.8) is 0 Å². The van der Waals surface area contributed by atoms with Crippen LogP contribution in [-0.4, -0.2) is 52.6 Å². The second kappa shape index (κ2) is 8.42. The average molecular weight is 453 g/mol. The minimum Gasteiger partial charge on any atom is -0.354 e. The first-order valence-corrected chi connectivity index (χ1v) is 11.8. The normalized spacial score (nSPS) is 15.3. The van der Waals surface area contributed by atoms with E-state index in [1.807, 2.05) is 0 Å². The maximum atomic E-state index is 12.8. The third-order valence-electron chi connectivity index (χ3n) is 4.21. The van der Waals surface area contributed by atoms with E-state index >= 15 is 0 Å². The van der Waals surface area contributed by atoms with E-state index in [-0.39, 0.29) is 41.0 Å². The van der Waals surface area contributed by atoms with Crippen LogP contribution in [0.4, 0.5) is 11.4 Å². The van der Waals surface area contributed by atoms with Gasteiger partial charge in [-0.15, -0.1) is 0 Å². The maximum Gasteiger partial charge on any atom is 0.261 e. The third-order valence-corrected chi connectivity index (χ3v) is 7.45. The molecule has 1 fully saturated rings. The molecule has 0 bridgehead atoms. The van der Waals surface area contributed by atoms with Crippen molar-refractivity contribution in [3.05, 3.63) is 48.5 Å². The summed E-state index contributed by atoms with van der Waals surface area (Å²) >= 11 is 0. The number of piperazine rings is 1. The van der Waals surface area contributed by atoms with Gasteiger partial charge in [-0.3, -0.25) is 14.3 Å². The third kappa shape index (κ3) is 4.96. The molecule has 1 heterocycles. The lowest BCUT2D eigenvalue weighted by Crippen LogP contribution is -2.49. The van der Waals surface area contributed by atoms with Gasteiger partial charge in [0.15, 0.2) is 0 Å². The molecule has 160 valence electrons. The molecule has 2 aromatic rings. The Kier molecular flexibility index (Phi) is 6.10.